The number of aryl methyl sites for hydroxylation is 2. The maximum Gasteiger partial charge on any atom is 0.260 e. The predicted octanol–water partition coefficient (Wildman–Crippen LogP) is 2.07. The van der Waals surface area contributed by atoms with Gasteiger partial charge in [0.2, 0.25) is 0 Å². The number of aromatic amines is 1. The molecule has 0 atom stereocenters. The number of nitrogens with one attached hydrogen (secondary N) is 2. The average Bonchev–Trinajstić information content (AvgIpc) is 2.71. The molecule has 2 N–H and O–H groups in total. The lowest BCUT2D eigenvalue weighted by molar-refractivity contribution is 0.0952. The van der Waals surface area contributed by atoms with E-state index in [1.54, 1.807) is 11.3 Å². The normalized spacial score (nSPS) is 10.6. The summed E-state index contributed by atoms with van der Waals surface area (Å²) in [7, 11) is 0. The van der Waals surface area contributed by atoms with Crippen molar-refractivity contribution in [2.75, 3.05) is 6.54 Å². The molecule has 0 saturated heterocycles. The molecule has 0 aliphatic rings. The second-order valence-electron chi connectivity index (χ2n) is 4.32. The van der Waals surface area contributed by atoms with Crippen LogP contribution >= 0.6 is 22.9 Å². The Morgan fingerprint density at radius 1 is 1.50 bits per heavy atom. The molecule has 0 aliphatic heterocycles. The number of rotatable bonds is 4. The first-order valence-electron chi connectivity index (χ1n) is 6.06. The minimum absolute atomic E-state index is 0.0176. The number of aromatic nitrogens is 2. The van der Waals surface area contributed by atoms with E-state index < -0.39 is 11.5 Å². The number of amides is 1. The highest BCUT2D eigenvalue weighted by molar-refractivity contribution is 7.11. The van der Waals surface area contributed by atoms with E-state index in [1.165, 1.54) is 17.1 Å². The maximum absolute atomic E-state index is 11.9. The van der Waals surface area contributed by atoms with Crippen LogP contribution in [0, 0.1) is 13.8 Å². The van der Waals surface area contributed by atoms with Crippen molar-refractivity contribution in [1.82, 2.24) is 15.3 Å². The van der Waals surface area contributed by atoms with E-state index in [-0.39, 0.29) is 5.56 Å². The van der Waals surface area contributed by atoms with E-state index in [0.29, 0.717) is 18.0 Å². The zero-order valence-corrected chi connectivity index (χ0v) is 12.7. The summed E-state index contributed by atoms with van der Waals surface area (Å²) in [5, 5.41) is 3.99. The van der Waals surface area contributed by atoms with Crippen LogP contribution in [0.1, 0.15) is 25.9 Å². The predicted molar refractivity (Wildman–Crippen MR) is 79.7 cm³/mol. The largest absolute Gasteiger partial charge is 0.351 e. The average molecular weight is 312 g/mol. The number of hydrogen-bond acceptors (Lipinski definition) is 4. The van der Waals surface area contributed by atoms with Crippen molar-refractivity contribution in [2.45, 2.75) is 20.3 Å². The molecule has 5 nitrogen and oxygen atoms in total. The molecular weight excluding hydrogens is 298 g/mol. The molecule has 2 aromatic rings. The Morgan fingerprint density at radius 3 is 2.90 bits per heavy atom. The molecule has 1 amide bonds. The molecule has 20 heavy (non-hydrogen) atoms. The standard InChI is InChI=1S/C13H14ClN3O2S/c1-7-8(2)20-11(17-7)3-4-15-12(18)10-5-9(14)6-16-13(10)19/h5-6H,3-4H2,1-2H3,(H,15,18)(H,16,19). The second kappa shape index (κ2) is 6.19. The Labute approximate surface area is 125 Å². The van der Waals surface area contributed by atoms with Crippen LogP contribution in [0.5, 0.6) is 0 Å². The van der Waals surface area contributed by atoms with Crippen molar-refractivity contribution in [3.8, 4) is 0 Å². The SMILES string of the molecule is Cc1nc(CCNC(=O)c2cc(Cl)c[nH]c2=O)sc1C. The smallest absolute Gasteiger partial charge is 0.260 e. The Balaban J connectivity index is 1.95. The van der Waals surface area contributed by atoms with Crippen molar-refractivity contribution in [3.63, 3.8) is 0 Å². The number of halogens is 1. The molecule has 106 valence electrons. The Morgan fingerprint density at radius 2 is 2.25 bits per heavy atom. The number of nitrogens with zero attached hydrogens (tertiary/aromatic N) is 1. The van der Waals surface area contributed by atoms with Crippen LogP contribution < -0.4 is 10.9 Å². The molecular formula is C13H14ClN3O2S. The van der Waals surface area contributed by atoms with Gasteiger partial charge in [0, 0.05) is 24.0 Å². The lowest BCUT2D eigenvalue weighted by atomic mass is 10.2. The first-order valence-corrected chi connectivity index (χ1v) is 7.26. The van der Waals surface area contributed by atoms with Gasteiger partial charge < -0.3 is 10.3 Å². The number of carbonyl (C=O) groups excluding carboxylic acids is 1. The Bertz CT molecular complexity index is 674. The second-order valence-corrected chi connectivity index (χ2v) is 6.04. The van der Waals surface area contributed by atoms with Gasteiger partial charge in [-0.3, -0.25) is 9.59 Å². The number of carbonyl (C=O) groups is 1. The lowest BCUT2D eigenvalue weighted by Crippen LogP contribution is -2.30. The Hall–Kier alpha value is -1.66. The number of pyridine rings is 1. The summed E-state index contributed by atoms with van der Waals surface area (Å²) in [6.07, 6.45) is 1.99. The number of H-pyrrole nitrogens is 1. The highest BCUT2D eigenvalue weighted by atomic mass is 35.5. The van der Waals surface area contributed by atoms with Gasteiger partial charge in [0.15, 0.2) is 0 Å². The summed E-state index contributed by atoms with van der Waals surface area (Å²) in [4.78, 5) is 31.4. The summed E-state index contributed by atoms with van der Waals surface area (Å²) in [6.45, 7) is 4.40. The van der Waals surface area contributed by atoms with Crippen molar-refractivity contribution in [3.05, 3.63) is 48.8 Å². The van der Waals surface area contributed by atoms with Gasteiger partial charge in [-0.15, -0.1) is 11.3 Å². The fourth-order valence-corrected chi connectivity index (χ4v) is 2.75. The van der Waals surface area contributed by atoms with Gasteiger partial charge in [0.1, 0.15) is 5.56 Å². The van der Waals surface area contributed by atoms with Gasteiger partial charge in [-0.05, 0) is 19.9 Å². The van der Waals surface area contributed by atoms with E-state index in [0.717, 1.165) is 10.7 Å². The highest BCUT2D eigenvalue weighted by Crippen LogP contribution is 2.16. The minimum atomic E-state index is -0.451. The molecule has 0 radical (unpaired) electrons. The molecule has 0 saturated carbocycles. The summed E-state index contributed by atoms with van der Waals surface area (Å²) in [6, 6.07) is 1.35. The van der Waals surface area contributed by atoms with Crippen molar-refractivity contribution in [1.29, 1.82) is 0 Å². The quantitative estimate of drug-likeness (QED) is 0.907. The number of thiazole rings is 1. The first kappa shape index (κ1) is 14.7. The molecule has 2 heterocycles. The van der Waals surface area contributed by atoms with Crippen LogP contribution in [0.2, 0.25) is 5.02 Å². The van der Waals surface area contributed by atoms with Crippen LogP contribution in [0.3, 0.4) is 0 Å². The summed E-state index contributed by atoms with van der Waals surface area (Å²) >= 11 is 7.37. The van der Waals surface area contributed by atoms with Crippen LogP contribution in [0.15, 0.2) is 17.1 Å². The molecule has 0 fully saturated rings. The molecule has 0 bridgehead atoms. The van der Waals surface area contributed by atoms with Gasteiger partial charge in [-0.1, -0.05) is 11.6 Å². The summed E-state index contributed by atoms with van der Waals surface area (Å²) in [5.41, 5.74) is 0.583. The van der Waals surface area contributed by atoms with Gasteiger partial charge in [-0.2, -0.15) is 0 Å². The zero-order valence-electron chi connectivity index (χ0n) is 11.1. The molecule has 7 heteroatoms. The molecule has 2 rings (SSSR count). The monoisotopic (exact) mass is 311 g/mol. The maximum atomic E-state index is 11.9. The lowest BCUT2D eigenvalue weighted by Gasteiger charge is -2.03. The van der Waals surface area contributed by atoms with Crippen molar-refractivity contribution < 1.29 is 4.79 Å². The van der Waals surface area contributed by atoms with Crippen LogP contribution in [-0.2, 0) is 6.42 Å². The van der Waals surface area contributed by atoms with Crippen LogP contribution in [0.25, 0.3) is 0 Å². The molecule has 0 unspecified atom stereocenters. The highest BCUT2D eigenvalue weighted by Gasteiger charge is 2.11. The van der Waals surface area contributed by atoms with E-state index in [9.17, 15) is 9.59 Å². The molecule has 0 spiro atoms. The fraction of sp³-hybridized carbons (Fsp3) is 0.308. The fourth-order valence-electron chi connectivity index (χ4n) is 1.65. The summed E-state index contributed by atoms with van der Waals surface area (Å²) in [5.74, 6) is -0.432. The van der Waals surface area contributed by atoms with Crippen LogP contribution in [0.4, 0.5) is 0 Å². The third kappa shape index (κ3) is 3.46. The topological polar surface area (TPSA) is 74.8 Å². The number of hydrogen-bond donors (Lipinski definition) is 2. The third-order valence-electron chi connectivity index (χ3n) is 2.81. The third-order valence-corrected chi connectivity index (χ3v) is 4.16. The van der Waals surface area contributed by atoms with E-state index in [1.807, 2.05) is 13.8 Å². The molecule has 0 aromatic carbocycles. The van der Waals surface area contributed by atoms with Crippen LogP contribution in [-0.4, -0.2) is 22.4 Å². The Kier molecular flexibility index (Phi) is 4.57. The van der Waals surface area contributed by atoms with Crippen molar-refractivity contribution in [2.24, 2.45) is 0 Å². The minimum Gasteiger partial charge on any atom is -0.351 e. The molecule has 2 aromatic heterocycles. The van der Waals surface area contributed by atoms with E-state index in [4.69, 9.17) is 11.6 Å². The molecule has 0 aliphatic carbocycles. The van der Waals surface area contributed by atoms with Gasteiger partial charge in [-0.25, -0.2) is 4.98 Å². The van der Waals surface area contributed by atoms with Gasteiger partial charge in [0.05, 0.1) is 15.7 Å². The first-order chi connectivity index (χ1) is 9.47. The van der Waals surface area contributed by atoms with Gasteiger partial charge >= 0.3 is 0 Å². The zero-order chi connectivity index (χ0) is 14.7. The van der Waals surface area contributed by atoms with E-state index in [2.05, 4.69) is 15.3 Å². The van der Waals surface area contributed by atoms with E-state index >= 15 is 0 Å². The van der Waals surface area contributed by atoms with Gasteiger partial charge in [0.25, 0.3) is 11.5 Å². The summed E-state index contributed by atoms with van der Waals surface area (Å²) < 4.78 is 0. The van der Waals surface area contributed by atoms with Crippen molar-refractivity contribution >= 4 is 28.8 Å².